The van der Waals surface area contributed by atoms with E-state index in [0.717, 1.165) is 49.9 Å². The zero-order valence-corrected chi connectivity index (χ0v) is 20.3. The van der Waals surface area contributed by atoms with Crippen molar-refractivity contribution in [1.82, 2.24) is 0 Å². The zero-order valence-electron chi connectivity index (χ0n) is 20.3. The quantitative estimate of drug-likeness (QED) is 0.225. The summed E-state index contributed by atoms with van der Waals surface area (Å²) >= 11 is 0. The van der Waals surface area contributed by atoms with Gasteiger partial charge in [-0.2, -0.15) is 0 Å². The molecule has 4 rings (SSSR count). The molecule has 176 valence electrons. The van der Waals surface area contributed by atoms with Gasteiger partial charge in [0.15, 0.2) is 0 Å². The van der Waals surface area contributed by atoms with Crippen molar-refractivity contribution in [2.75, 3.05) is 13.2 Å². The first-order valence-electron chi connectivity index (χ1n) is 11.9. The second-order valence-corrected chi connectivity index (χ2v) is 11.1. The zero-order chi connectivity index (χ0) is 23.3. The lowest BCUT2D eigenvalue weighted by Gasteiger charge is -2.56. The van der Waals surface area contributed by atoms with Gasteiger partial charge in [-0.25, -0.2) is 9.79 Å². The fraction of sp³-hybridized carbons (Fsp3) is 0.880. The van der Waals surface area contributed by atoms with Crippen molar-refractivity contribution in [2.24, 2.45) is 33.6 Å². The van der Waals surface area contributed by atoms with Crippen molar-refractivity contribution < 1.29 is 23.9 Å². The fourth-order valence-corrected chi connectivity index (χ4v) is 5.20. The summed E-state index contributed by atoms with van der Waals surface area (Å²) in [7, 11) is 0. The van der Waals surface area contributed by atoms with Crippen LogP contribution >= 0.6 is 0 Å². The summed E-state index contributed by atoms with van der Waals surface area (Å²) in [5.41, 5.74) is -0.841. The van der Waals surface area contributed by atoms with Crippen LogP contribution in [0.15, 0.2) is 4.99 Å². The van der Waals surface area contributed by atoms with Crippen molar-refractivity contribution in [3.63, 3.8) is 0 Å². The van der Waals surface area contributed by atoms with Gasteiger partial charge in [-0.3, -0.25) is 9.59 Å². The summed E-state index contributed by atoms with van der Waals surface area (Å²) in [4.78, 5) is 36.6. The van der Waals surface area contributed by atoms with Crippen molar-refractivity contribution in [3.8, 4) is 0 Å². The molecule has 4 fully saturated rings. The Labute approximate surface area is 187 Å². The molecule has 0 atom stereocenters. The molecule has 6 heteroatoms. The minimum Gasteiger partial charge on any atom is -0.463 e. The lowest BCUT2D eigenvalue weighted by Crippen LogP contribution is -2.53. The van der Waals surface area contributed by atoms with Crippen LogP contribution in [0.1, 0.15) is 92.9 Å². The SMILES string of the molecule is CCC(C)(C)C(=O)OC12CC3CC(CC(C3)C1)C2.CCC(C)(C)C(=O)OCCN=C=O. The van der Waals surface area contributed by atoms with Crippen LogP contribution < -0.4 is 0 Å². The molecule has 0 amide bonds. The average Bonchev–Trinajstić information content (AvgIpc) is 2.70. The van der Waals surface area contributed by atoms with Crippen molar-refractivity contribution >= 4 is 18.0 Å². The second kappa shape index (κ2) is 10.3. The van der Waals surface area contributed by atoms with Gasteiger partial charge in [-0.05, 0) is 96.8 Å². The van der Waals surface area contributed by atoms with E-state index in [1.165, 1.54) is 25.3 Å². The number of isocyanates is 1. The normalized spacial score (nSPS) is 28.8. The summed E-state index contributed by atoms with van der Waals surface area (Å²) < 4.78 is 11.0. The Morgan fingerprint density at radius 3 is 1.77 bits per heavy atom. The minimum atomic E-state index is -0.453. The molecule has 0 aromatic rings. The average molecular weight is 436 g/mol. The van der Waals surface area contributed by atoms with Gasteiger partial charge < -0.3 is 9.47 Å². The van der Waals surface area contributed by atoms with Gasteiger partial charge in [-0.1, -0.05) is 13.8 Å². The van der Waals surface area contributed by atoms with Crippen LogP contribution in [-0.4, -0.2) is 36.8 Å². The molecule has 4 bridgehead atoms. The van der Waals surface area contributed by atoms with Crippen LogP contribution in [0.2, 0.25) is 0 Å². The lowest BCUT2D eigenvalue weighted by molar-refractivity contribution is -0.196. The molecule has 0 aliphatic heterocycles. The Bertz CT molecular complexity index is 655. The molecule has 31 heavy (non-hydrogen) atoms. The molecule has 0 heterocycles. The number of esters is 2. The summed E-state index contributed by atoms with van der Waals surface area (Å²) in [6.07, 6.45) is 10.6. The molecule has 4 aliphatic rings. The molecular weight excluding hydrogens is 394 g/mol. The van der Waals surface area contributed by atoms with Crippen molar-refractivity contribution in [1.29, 1.82) is 0 Å². The van der Waals surface area contributed by atoms with E-state index in [1.54, 1.807) is 0 Å². The maximum absolute atomic E-state index is 12.4. The first-order valence-corrected chi connectivity index (χ1v) is 11.9. The van der Waals surface area contributed by atoms with Gasteiger partial charge in [0.25, 0.3) is 0 Å². The summed E-state index contributed by atoms with van der Waals surface area (Å²) in [6, 6.07) is 0. The van der Waals surface area contributed by atoms with E-state index in [4.69, 9.17) is 9.47 Å². The van der Waals surface area contributed by atoms with E-state index in [0.29, 0.717) is 0 Å². The van der Waals surface area contributed by atoms with Gasteiger partial charge in [0, 0.05) is 0 Å². The number of rotatable bonds is 8. The maximum Gasteiger partial charge on any atom is 0.312 e. The van der Waals surface area contributed by atoms with Gasteiger partial charge in [0.05, 0.1) is 17.4 Å². The molecule has 0 N–H and O–H groups in total. The molecule has 4 saturated carbocycles. The maximum atomic E-state index is 12.4. The van der Waals surface area contributed by atoms with Crippen LogP contribution in [0.4, 0.5) is 0 Å². The Balaban J connectivity index is 0.000000235. The molecule has 0 unspecified atom stereocenters. The minimum absolute atomic E-state index is 0.0342. The predicted octanol–water partition coefficient (Wildman–Crippen LogP) is 5.24. The molecule has 0 aromatic heterocycles. The lowest BCUT2D eigenvalue weighted by atomic mass is 9.54. The third-order valence-electron chi connectivity index (χ3n) is 7.66. The topological polar surface area (TPSA) is 82.0 Å². The molecule has 0 aromatic carbocycles. The molecule has 0 saturated heterocycles. The van der Waals surface area contributed by atoms with E-state index in [-0.39, 0.29) is 36.1 Å². The third kappa shape index (κ3) is 6.65. The second-order valence-electron chi connectivity index (χ2n) is 11.1. The Kier molecular flexibility index (Phi) is 8.49. The van der Waals surface area contributed by atoms with Gasteiger partial charge >= 0.3 is 11.9 Å². The van der Waals surface area contributed by atoms with E-state index in [1.807, 2.05) is 34.6 Å². The molecule has 6 nitrogen and oxygen atoms in total. The standard InChI is InChI=1S/C16H26O2.C9H15NO3/c1-4-15(2,3)14(17)18-16-8-11-5-12(9-16)7-13(6-11)10-16;1-4-9(2,3)8(12)13-6-5-10-7-11/h11-13H,4-10H2,1-3H3;4-6H2,1-3H3. The van der Waals surface area contributed by atoms with Crippen LogP contribution in [-0.2, 0) is 23.9 Å². The summed E-state index contributed by atoms with van der Waals surface area (Å²) in [5.74, 6) is 2.31. The number of ether oxygens (including phenoxy) is 2. The van der Waals surface area contributed by atoms with Crippen molar-refractivity contribution in [3.05, 3.63) is 0 Å². The van der Waals surface area contributed by atoms with Crippen LogP contribution in [0.25, 0.3) is 0 Å². The van der Waals surface area contributed by atoms with Crippen LogP contribution in [0.5, 0.6) is 0 Å². The monoisotopic (exact) mass is 435 g/mol. The fourth-order valence-electron chi connectivity index (χ4n) is 5.20. The van der Waals surface area contributed by atoms with Gasteiger partial charge in [0.2, 0.25) is 6.08 Å². The third-order valence-corrected chi connectivity index (χ3v) is 7.66. The highest BCUT2D eigenvalue weighted by Gasteiger charge is 2.53. The number of hydrogen-bond donors (Lipinski definition) is 0. The van der Waals surface area contributed by atoms with Gasteiger partial charge in [0.1, 0.15) is 12.2 Å². The molecule has 0 radical (unpaired) electrons. The van der Waals surface area contributed by atoms with E-state index < -0.39 is 5.41 Å². The molecule has 0 spiro atoms. The molecular formula is C25H41NO5. The highest BCUT2D eigenvalue weighted by Crippen LogP contribution is 2.57. The highest BCUT2D eigenvalue weighted by atomic mass is 16.6. The first kappa shape index (κ1) is 25.6. The number of hydrogen-bond acceptors (Lipinski definition) is 6. The first-order chi connectivity index (χ1) is 14.5. The number of carbonyl (C=O) groups excluding carboxylic acids is 3. The van der Waals surface area contributed by atoms with Crippen LogP contribution in [0, 0.1) is 28.6 Å². The summed E-state index contributed by atoms with van der Waals surface area (Å²) in [5, 5.41) is 0. The smallest absolute Gasteiger partial charge is 0.312 e. The highest BCUT2D eigenvalue weighted by molar-refractivity contribution is 5.76. The van der Waals surface area contributed by atoms with Gasteiger partial charge in [-0.15, -0.1) is 0 Å². The van der Waals surface area contributed by atoms with Crippen LogP contribution in [0.3, 0.4) is 0 Å². The summed E-state index contributed by atoms with van der Waals surface area (Å²) in [6.45, 7) is 12.0. The number of nitrogens with zero attached hydrogens (tertiary/aromatic N) is 1. The Morgan fingerprint density at radius 1 is 0.903 bits per heavy atom. The Morgan fingerprint density at radius 2 is 1.35 bits per heavy atom. The number of carbonyl (C=O) groups is 2. The number of aliphatic imine (C=N–C) groups is 1. The van der Waals surface area contributed by atoms with Crippen molar-refractivity contribution in [2.45, 2.75) is 98.5 Å². The predicted molar refractivity (Wildman–Crippen MR) is 119 cm³/mol. The van der Waals surface area contributed by atoms with E-state index in [2.05, 4.69) is 11.9 Å². The molecule has 4 aliphatic carbocycles. The largest absolute Gasteiger partial charge is 0.463 e. The Hall–Kier alpha value is -1.68. The van der Waals surface area contributed by atoms with E-state index in [9.17, 15) is 14.4 Å². The van der Waals surface area contributed by atoms with E-state index >= 15 is 0 Å².